The standard InChI is InChI=1S/C16H24N2O4S/c1-3-18(13-16(19)17-11-5-6-12-17)23(20,21)15-9-7-14(8-10-15)22-4-2/h7-10H,3-6,11-13H2,1-2H3. The Kier molecular flexibility index (Phi) is 6.01. The van der Waals surface area contributed by atoms with Crippen LogP contribution in [-0.4, -0.2) is 56.3 Å². The molecule has 128 valence electrons. The van der Waals surface area contributed by atoms with Gasteiger partial charge in [0, 0.05) is 19.6 Å². The highest BCUT2D eigenvalue weighted by Crippen LogP contribution is 2.20. The number of hydrogen-bond acceptors (Lipinski definition) is 4. The van der Waals surface area contributed by atoms with Gasteiger partial charge in [0.05, 0.1) is 18.0 Å². The number of likely N-dealkylation sites (tertiary alicyclic amines) is 1. The smallest absolute Gasteiger partial charge is 0.243 e. The lowest BCUT2D eigenvalue weighted by atomic mass is 10.3. The van der Waals surface area contributed by atoms with E-state index in [1.807, 2.05) is 6.92 Å². The highest BCUT2D eigenvalue weighted by molar-refractivity contribution is 7.89. The average molecular weight is 340 g/mol. The maximum Gasteiger partial charge on any atom is 0.243 e. The van der Waals surface area contributed by atoms with Crippen molar-refractivity contribution in [2.45, 2.75) is 31.6 Å². The molecule has 0 saturated carbocycles. The van der Waals surface area contributed by atoms with Gasteiger partial charge >= 0.3 is 0 Å². The predicted molar refractivity (Wildman–Crippen MR) is 87.9 cm³/mol. The van der Waals surface area contributed by atoms with Gasteiger partial charge in [0.15, 0.2) is 0 Å². The van der Waals surface area contributed by atoms with E-state index in [2.05, 4.69) is 0 Å². The van der Waals surface area contributed by atoms with Crippen LogP contribution in [0.2, 0.25) is 0 Å². The molecule has 1 heterocycles. The van der Waals surface area contributed by atoms with Crippen molar-refractivity contribution in [2.24, 2.45) is 0 Å². The quantitative estimate of drug-likeness (QED) is 0.758. The molecule has 0 aliphatic carbocycles. The zero-order chi connectivity index (χ0) is 16.9. The van der Waals surface area contributed by atoms with Crippen molar-refractivity contribution in [3.63, 3.8) is 0 Å². The fourth-order valence-corrected chi connectivity index (χ4v) is 4.01. The maximum atomic E-state index is 12.7. The van der Waals surface area contributed by atoms with E-state index in [0.29, 0.717) is 12.4 Å². The Morgan fingerprint density at radius 3 is 2.30 bits per heavy atom. The van der Waals surface area contributed by atoms with Crippen molar-refractivity contribution in [3.05, 3.63) is 24.3 Å². The number of carbonyl (C=O) groups excluding carboxylic acids is 1. The molecule has 1 fully saturated rings. The minimum Gasteiger partial charge on any atom is -0.494 e. The third-order valence-corrected chi connectivity index (χ3v) is 5.83. The normalized spacial score (nSPS) is 15.2. The molecule has 0 spiro atoms. The summed E-state index contributed by atoms with van der Waals surface area (Å²) in [6.45, 7) is 5.73. The highest BCUT2D eigenvalue weighted by Gasteiger charge is 2.28. The molecule has 0 atom stereocenters. The molecule has 2 rings (SSSR count). The van der Waals surface area contributed by atoms with Gasteiger partial charge in [-0.25, -0.2) is 8.42 Å². The summed E-state index contributed by atoms with van der Waals surface area (Å²) < 4.78 is 31.9. The van der Waals surface area contributed by atoms with Crippen molar-refractivity contribution < 1.29 is 17.9 Å². The van der Waals surface area contributed by atoms with Crippen LogP contribution in [0.4, 0.5) is 0 Å². The molecule has 0 aromatic heterocycles. The Balaban J connectivity index is 2.12. The molecule has 0 bridgehead atoms. The third-order valence-electron chi connectivity index (χ3n) is 3.90. The minimum absolute atomic E-state index is 0.105. The Morgan fingerprint density at radius 1 is 1.17 bits per heavy atom. The van der Waals surface area contributed by atoms with Crippen molar-refractivity contribution in [1.29, 1.82) is 0 Å². The first-order valence-electron chi connectivity index (χ1n) is 7.99. The van der Waals surface area contributed by atoms with E-state index in [0.717, 1.165) is 25.9 Å². The molecule has 7 heteroatoms. The number of ether oxygens (including phenoxy) is 1. The molecular formula is C16H24N2O4S. The van der Waals surface area contributed by atoms with Crippen LogP contribution in [0.3, 0.4) is 0 Å². The van der Waals surface area contributed by atoms with Gasteiger partial charge in [0.2, 0.25) is 15.9 Å². The number of hydrogen-bond donors (Lipinski definition) is 0. The van der Waals surface area contributed by atoms with Gasteiger partial charge in [-0.05, 0) is 44.0 Å². The lowest BCUT2D eigenvalue weighted by Crippen LogP contribution is -2.41. The van der Waals surface area contributed by atoms with Gasteiger partial charge in [-0.15, -0.1) is 0 Å². The second kappa shape index (κ2) is 7.79. The Bertz CT molecular complexity index is 622. The number of sulfonamides is 1. The Hall–Kier alpha value is -1.60. The Labute approximate surface area is 138 Å². The van der Waals surface area contributed by atoms with Crippen LogP contribution in [0.15, 0.2) is 29.2 Å². The third kappa shape index (κ3) is 4.23. The first kappa shape index (κ1) is 17.7. The minimum atomic E-state index is -3.68. The van der Waals surface area contributed by atoms with E-state index in [-0.39, 0.29) is 23.9 Å². The second-order valence-corrected chi connectivity index (χ2v) is 7.36. The molecular weight excluding hydrogens is 316 g/mol. The van der Waals surface area contributed by atoms with Gasteiger partial charge < -0.3 is 9.64 Å². The van der Waals surface area contributed by atoms with E-state index in [1.165, 1.54) is 16.4 Å². The van der Waals surface area contributed by atoms with Gasteiger partial charge in [0.1, 0.15) is 5.75 Å². The summed E-state index contributed by atoms with van der Waals surface area (Å²) in [7, 11) is -3.68. The van der Waals surface area contributed by atoms with Crippen LogP contribution in [0, 0.1) is 0 Å². The average Bonchev–Trinajstić information content (AvgIpc) is 3.07. The van der Waals surface area contributed by atoms with Crippen molar-refractivity contribution >= 4 is 15.9 Å². The summed E-state index contributed by atoms with van der Waals surface area (Å²) in [6.07, 6.45) is 1.98. The fraction of sp³-hybridized carbons (Fsp3) is 0.562. The van der Waals surface area contributed by atoms with E-state index in [9.17, 15) is 13.2 Å². The molecule has 0 N–H and O–H groups in total. The number of amides is 1. The molecule has 1 aliphatic rings. The van der Waals surface area contributed by atoms with Gasteiger partial charge in [-0.1, -0.05) is 6.92 Å². The maximum absolute atomic E-state index is 12.7. The molecule has 23 heavy (non-hydrogen) atoms. The predicted octanol–water partition coefficient (Wildman–Crippen LogP) is 1.72. The molecule has 1 saturated heterocycles. The van der Waals surface area contributed by atoms with Crippen LogP contribution in [0.25, 0.3) is 0 Å². The van der Waals surface area contributed by atoms with Gasteiger partial charge in [-0.2, -0.15) is 4.31 Å². The first-order chi connectivity index (χ1) is 11.0. The molecule has 1 aliphatic heterocycles. The van der Waals surface area contributed by atoms with Crippen LogP contribution < -0.4 is 4.74 Å². The van der Waals surface area contributed by atoms with Crippen molar-refractivity contribution in [2.75, 3.05) is 32.8 Å². The summed E-state index contributed by atoms with van der Waals surface area (Å²) in [5.74, 6) is 0.501. The summed E-state index contributed by atoms with van der Waals surface area (Å²) in [6, 6.07) is 6.30. The molecule has 1 aromatic carbocycles. The lowest BCUT2D eigenvalue weighted by molar-refractivity contribution is -0.130. The number of likely N-dealkylation sites (N-methyl/N-ethyl adjacent to an activating group) is 1. The van der Waals surface area contributed by atoms with E-state index in [1.54, 1.807) is 24.0 Å². The van der Waals surface area contributed by atoms with Crippen molar-refractivity contribution in [1.82, 2.24) is 9.21 Å². The topological polar surface area (TPSA) is 66.9 Å². The molecule has 1 amide bonds. The second-order valence-electron chi connectivity index (χ2n) is 5.42. The monoisotopic (exact) mass is 340 g/mol. The summed E-state index contributed by atoms with van der Waals surface area (Å²) in [5.41, 5.74) is 0. The fourth-order valence-electron chi connectivity index (χ4n) is 2.61. The van der Waals surface area contributed by atoms with Crippen molar-refractivity contribution in [3.8, 4) is 5.75 Å². The first-order valence-corrected chi connectivity index (χ1v) is 9.43. The number of carbonyl (C=O) groups is 1. The number of benzene rings is 1. The van der Waals surface area contributed by atoms with E-state index < -0.39 is 10.0 Å². The van der Waals surface area contributed by atoms with Gasteiger partial charge in [-0.3, -0.25) is 4.79 Å². The molecule has 0 radical (unpaired) electrons. The zero-order valence-corrected chi connectivity index (χ0v) is 14.5. The summed E-state index contributed by atoms with van der Waals surface area (Å²) >= 11 is 0. The van der Waals surface area contributed by atoms with E-state index in [4.69, 9.17) is 4.74 Å². The largest absolute Gasteiger partial charge is 0.494 e. The number of nitrogens with zero attached hydrogens (tertiary/aromatic N) is 2. The Morgan fingerprint density at radius 2 is 1.78 bits per heavy atom. The molecule has 6 nitrogen and oxygen atoms in total. The molecule has 0 unspecified atom stereocenters. The summed E-state index contributed by atoms with van der Waals surface area (Å²) in [5, 5.41) is 0. The SMILES string of the molecule is CCOc1ccc(S(=O)(=O)N(CC)CC(=O)N2CCCC2)cc1. The van der Waals surface area contributed by atoms with Crippen LogP contribution in [0.5, 0.6) is 5.75 Å². The van der Waals surface area contributed by atoms with Crippen LogP contribution in [0.1, 0.15) is 26.7 Å². The molecule has 1 aromatic rings. The van der Waals surface area contributed by atoms with Crippen LogP contribution in [-0.2, 0) is 14.8 Å². The van der Waals surface area contributed by atoms with Crippen LogP contribution >= 0.6 is 0 Å². The summed E-state index contributed by atoms with van der Waals surface area (Å²) in [4.78, 5) is 14.1. The zero-order valence-electron chi connectivity index (χ0n) is 13.7. The number of rotatable bonds is 7. The highest BCUT2D eigenvalue weighted by atomic mass is 32.2. The van der Waals surface area contributed by atoms with E-state index >= 15 is 0 Å². The lowest BCUT2D eigenvalue weighted by Gasteiger charge is -2.23. The van der Waals surface area contributed by atoms with Gasteiger partial charge in [0.25, 0.3) is 0 Å².